The Bertz CT molecular complexity index is 225. The summed E-state index contributed by atoms with van der Waals surface area (Å²) in [5, 5.41) is 0. The standard InChI is InChI=1S/C8H10BrN/c1-6-4-8(9)7(2)10(3)5-6/h4-5H,2H2,1,3H3. The molecule has 1 aliphatic heterocycles. The van der Waals surface area contributed by atoms with Crippen molar-refractivity contribution >= 4 is 15.9 Å². The maximum absolute atomic E-state index is 3.88. The Kier molecular flexibility index (Phi) is 2.00. The SMILES string of the molecule is C=C1C(Br)=CC(C)=CN1C. The van der Waals surface area contributed by atoms with Crippen molar-refractivity contribution in [2.75, 3.05) is 7.05 Å². The second-order valence-corrected chi connectivity index (χ2v) is 3.28. The average Bonchev–Trinajstić information content (AvgIpc) is 1.82. The van der Waals surface area contributed by atoms with Crippen LogP contribution >= 0.6 is 15.9 Å². The number of allylic oxidation sites excluding steroid dienone is 3. The van der Waals surface area contributed by atoms with E-state index in [4.69, 9.17) is 0 Å². The number of rotatable bonds is 0. The third kappa shape index (κ3) is 1.32. The average molecular weight is 200 g/mol. The molecule has 1 rings (SSSR count). The highest BCUT2D eigenvalue weighted by Crippen LogP contribution is 2.24. The molecular weight excluding hydrogens is 190 g/mol. The van der Waals surface area contributed by atoms with Crippen molar-refractivity contribution in [1.29, 1.82) is 0 Å². The molecule has 0 aromatic carbocycles. The Labute approximate surface area is 69.8 Å². The summed E-state index contributed by atoms with van der Waals surface area (Å²) in [4.78, 5) is 2.00. The highest BCUT2D eigenvalue weighted by Gasteiger charge is 2.07. The van der Waals surface area contributed by atoms with Gasteiger partial charge in [-0.15, -0.1) is 0 Å². The predicted molar refractivity (Wildman–Crippen MR) is 47.7 cm³/mol. The third-order valence-corrected chi connectivity index (χ3v) is 2.14. The van der Waals surface area contributed by atoms with Gasteiger partial charge in [0.05, 0.1) is 0 Å². The zero-order valence-electron chi connectivity index (χ0n) is 6.19. The van der Waals surface area contributed by atoms with Gasteiger partial charge in [0.1, 0.15) is 0 Å². The zero-order chi connectivity index (χ0) is 7.72. The molecule has 0 aromatic heterocycles. The maximum Gasteiger partial charge on any atom is 0.0475 e. The molecule has 0 aliphatic carbocycles. The molecule has 0 bridgehead atoms. The van der Waals surface area contributed by atoms with Crippen molar-refractivity contribution < 1.29 is 0 Å². The Morgan fingerprint density at radius 2 is 2.20 bits per heavy atom. The van der Waals surface area contributed by atoms with Crippen LogP contribution in [0.25, 0.3) is 0 Å². The van der Waals surface area contributed by atoms with Crippen LogP contribution in [0.4, 0.5) is 0 Å². The molecule has 0 radical (unpaired) electrons. The third-order valence-electron chi connectivity index (χ3n) is 1.45. The molecule has 0 N–H and O–H groups in total. The van der Waals surface area contributed by atoms with Crippen molar-refractivity contribution in [2.45, 2.75) is 6.92 Å². The van der Waals surface area contributed by atoms with Gasteiger partial charge in [0.15, 0.2) is 0 Å². The van der Waals surface area contributed by atoms with Crippen molar-refractivity contribution in [2.24, 2.45) is 0 Å². The highest BCUT2D eigenvalue weighted by molar-refractivity contribution is 9.12. The van der Waals surface area contributed by atoms with E-state index in [1.54, 1.807) is 0 Å². The first-order chi connectivity index (χ1) is 4.61. The van der Waals surface area contributed by atoms with Gasteiger partial charge in [-0.2, -0.15) is 0 Å². The van der Waals surface area contributed by atoms with Crippen LogP contribution in [-0.2, 0) is 0 Å². The van der Waals surface area contributed by atoms with Gasteiger partial charge in [0.2, 0.25) is 0 Å². The summed E-state index contributed by atoms with van der Waals surface area (Å²) in [7, 11) is 1.99. The monoisotopic (exact) mass is 199 g/mol. The van der Waals surface area contributed by atoms with E-state index in [9.17, 15) is 0 Å². The summed E-state index contributed by atoms with van der Waals surface area (Å²) in [5.74, 6) is 0. The summed E-state index contributed by atoms with van der Waals surface area (Å²) in [5.41, 5.74) is 2.24. The number of hydrogen-bond acceptors (Lipinski definition) is 1. The van der Waals surface area contributed by atoms with E-state index in [1.807, 2.05) is 18.1 Å². The van der Waals surface area contributed by atoms with Gasteiger partial charge in [-0.1, -0.05) is 6.58 Å². The van der Waals surface area contributed by atoms with Gasteiger partial charge >= 0.3 is 0 Å². The molecule has 0 saturated heterocycles. The van der Waals surface area contributed by atoms with Crippen LogP contribution in [0, 0.1) is 0 Å². The first kappa shape index (κ1) is 7.61. The minimum atomic E-state index is 1.01. The number of hydrogen-bond donors (Lipinski definition) is 0. The number of halogens is 1. The van der Waals surface area contributed by atoms with Crippen molar-refractivity contribution in [3.05, 3.63) is 34.6 Å². The van der Waals surface area contributed by atoms with E-state index in [0.717, 1.165) is 10.2 Å². The molecule has 0 atom stereocenters. The molecular formula is C8H10BrN. The van der Waals surface area contributed by atoms with Gasteiger partial charge in [-0.05, 0) is 34.5 Å². The van der Waals surface area contributed by atoms with Crippen LogP contribution in [-0.4, -0.2) is 11.9 Å². The van der Waals surface area contributed by atoms with Gasteiger partial charge in [0, 0.05) is 23.4 Å². The van der Waals surface area contributed by atoms with Gasteiger partial charge in [-0.25, -0.2) is 0 Å². The Balaban J connectivity index is 2.95. The number of likely N-dealkylation sites (N-methyl/N-ethyl adjacent to an activating group) is 1. The molecule has 0 unspecified atom stereocenters. The van der Waals surface area contributed by atoms with E-state index in [1.165, 1.54) is 5.57 Å². The molecule has 0 saturated carbocycles. The molecule has 10 heavy (non-hydrogen) atoms. The van der Waals surface area contributed by atoms with Gasteiger partial charge in [-0.3, -0.25) is 0 Å². The Hall–Kier alpha value is -0.500. The molecule has 54 valence electrons. The fourth-order valence-corrected chi connectivity index (χ4v) is 1.51. The molecule has 1 heterocycles. The predicted octanol–water partition coefficient (Wildman–Crippen LogP) is 2.63. The van der Waals surface area contributed by atoms with Crippen LogP contribution in [0.5, 0.6) is 0 Å². The molecule has 1 aliphatic rings. The van der Waals surface area contributed by atoms with Gasteiger partial charge < -0.3 is 4.90 Å². The minimum absolute atomic E-state index is 1.01. The van der Waals surface area contributed by atoms with Gasteiger partial charge in [0.25, 0.3) is 0 Å². The van der Waals surface area contributed by atoms with Crippen LogP contribution in [0.15, 0.2) is 34.6 Å². The topological polar surface area (TPSA) is 3.24 Å². The smallest absolute Gasteiger partial charge is 0.0475 e. The lowest BCUT2D eigenvalue weighted by molar-refractivity contribution is 0.579. The minimum Gasteiger partial charge on any atom is -0.350 e. The second-order valence-electron chi connectivity index (χ2n) is 2.42. The number of nitrogens with zero attached hydrogens (tertiary/aromatic N) is 1. The summed E-state index contributed by atoms with van der Waals surface area (Å²) >= 11 is 3.41. The molecule has 1 nitrogen and oxygen atoms in total. The summed E-state index contributed by atoms with van der Waals surface area (Å²) in [6.07, 6.45) is 4.11. The van der Waals surface area contributed by atoms with Crippen LogP contribution < -0.4 is 0 Å². The molecule has 2 heteroatoms. The lowest BCUT2D eigenvalue weighted by atomic mass is 10.2. The lowest BCUT2D eigenvalue weighted by Gasteiger charge is -2.21. The molecule has 0 amide bonds. The fraction of sp³-hybridized carbons (Fsp3) is 0.250. The highest BCUT2D eigenvalue weighted by atomic mass is 79.9. The van der Waals surface area contributed by atoms with E-state index in [0.29, 0.717) is 0 Å². The summed E-state index contributed by atoms with van der Waals surface area (Å²) < 4.78 is 1.06. The summed E-state index contributed by atoms with van der Waals surface area (Å²) in [6, 6.07) is 0. The van der Waals surface area contributed by atoms with E-state index >= 15 is 0 Å². The second kappa shape index (κ2) is 2.62. The van der Waals surface area contributed by atoms with Crippen molar-refractivity contribution in [3.8, 4) is 0 Å². The first-order valence-corrected chi connectivity index (χ1v) is 3.88. The van der Waals surface area contributed by atoms with Crippen molar-refractivity contribution in [1.82, 2.24) is 4.90 Å². The Morgan fingerprint density at radius 1 is 1.60 bits per heavy atom. The molecule has 0 aromatic rings. The molecule has 0 spiro atoms. The van der Waals surface area contributed by atoms with E-state index in [-0.39, 0.29) is 0 Å². The van der Waals surface area contributed by atoms with Crippen LogP contribution in [0.3, 0.4) is 0 Å². The normalized spacial score (nSPS) is 18.7. The Morgan fingerprint density at radius 3 is 2.70 bits per heavy atom. The maximum atomic E-state index is 3.88. The van der Waals surface area contributed by atoms with Crippen LogP contribution in [0.1, 0.15) is 6.92 Å². The van der Waals surface area contributed by atoms with E-state index < -0.39 is 0 Å². The largest absolute Gasteiger partial charge is 0.350 e. The summed E-state index contributed by atoms with van der Waals surface area (Å²) in [6.45, 7) is 5.94. The molecule has 0 fully saturated rings. The van der Waals surface area contributed by atoms with Crippen molar-refractivity contribution in [3.63, 3.8) is 0 Å². The van der Waals surface area contributed by atoms with Crippen LogP contribution in [0.2, 0.25) is 0 Å². The fourth-order valence-electron chi connectivity index (χ4n) is 0.872. The first-order valence-electron chi connectivity index (χ1n) is 3.09. The lowest BCUT2D eigenvalue weighted by Crippen LogP contribution is -2.12. The van der Waals surface area contributed by atoms with E-state index in [2.05, 4.69) is 35.5 Å². The quantitative estimate of drug-likeness (QED) is 0.580. The zero-order valence-corrected chi connectivity index (χ0v) is 7.77.